The molecule has 1 aromatic heterocycles. The van der Waals surface area contributed by atoms with Crippen molar-refractivity contribution < 1.29 is 14.1 Å². The van der Waals surface area contributed by atoms with E-state index in [0.29, 0.717) is 18.3 Å². The zero-order valence-corrected chi connectivity index (χ0v) is 16.6. The number of aryl methyl sites for hydroxylation is 3. The van der Waals surface area contributed by atoms with Crippen molar-refractivity contribution in [2.45, 2.75) is 27.2 Å². The minimum atomic E-state index is -0.403. The number of nitrogens with one attached hydrogen (secondary N) is 1. The van der Waals surface area contributed by atoms with Crippen LogP contribution >= 0.6 is 0 Å². The molecule has 1 aliphatic heterocycles. The van der Waals surface area contributed by atoms with Crippen LogP contribution in [0.25, 0.3) is 11.4 Å². The van der Waals surface area contributed by atoms with Crippen molar-refractivity contribution in [3.63, 3.8) is 0 Å². The van der Waals surface area contributed by atoms with Gasteiger partial charge >= 0.3 is 0 Å². The van der Waals surface area contributed by atoms with Gasteiger partial charge < -0.3 is 14.7 Å². The summed E-state index contributed by atoms with van der Waals surface area (Å²) in [4.78, 5) is 31.2. The quantitative estimate of drug-likeness (QED) is 0.735. The topological polar surface area (TPSA) is 88.3 Å². The first-order valence-electron chi connectivity index (χ1n) is 9.50. The van der Waals surface area contributed by atoms with Crippen molar-refractivity contribution in [2.24, 2.45) is 5.92 Å². The van der Waals surface area contributed by atoms with Gasteiger partial charge in [0.2, 0.25) is 23.5 Å². The fourth-order valence-electron chi connectivity index (χ4n) is 3.55. The average molecular weight is 390 g/mol. The average Bonchev–Trinajstić information content (AvgIpc) is 3.30. The summed E-state index contributed by atoms with van der Waals surface area (Å²) < 4.78 is 5.03. The molecule has 1 aliphatic rings. The molecule has 2 heterocycles. The van der Waals surface area contributed by atoms with Crippen LogP contribution in [0.1, 0.15) is 23.4 Å². The van der Waals surface area contributed by atoms with Crippen LogP contribution in [-0.4, -0.2) is 28.5 Å². The van der Waals surface area contributed by atoms with E-state index in [2.05, 4.69) is 15.5 Å². The van der Waals surface area contributed by atoms with Crippen molar-refractivity contribution in [3.8, 4) is 11.4 Å². The first-order chi connectivity index (χ1) is 13.9. The van der Waals surface area contributed by atoms with Gasteiger partial charge in [0, 0.05) is 36.8 Å². The van der Waals surface area contributed by atoms with Gasteiger partial charge in [0.1, 0.15) is 0 Å². The molecule has 0 spiro atoms. The minimum Gasteiger partial charge on any atom is -0.339 e. The van der Waals surface area contributed by atoms with Gasteiger partial charge in [0.05, 0.1) is 5.92 Å². The molecule has 0 saturated carbocycles. The number of anilines is 2. The lowest BCUT2D eigenvalue weighted by atomic mass is 10.1. The second-order valence-electron chi connectivity index (χ2n) is 7.40. The first-order valence-corrected chi connectivity index (χ1v) is 9.50. The summed E-state index contributed by atoms with van der Waals surface area (Å²) in [5.74, 6) is 0.329. The Bertz CT molecular complexity index is 1090. The molecule has 1 N–H and O–H groups in total. The molecule has 0 unspecified atom stereocenters. The SMILES string of the molecule is Cc1ccc(NC(=O)[C@H]2CC(=O)N(c3cccc(-c4noc(C)n4)c3)C2)c(C)c1. The molecule has 2 aromatic carbocycles. The van der Waals surface area contributed by atoms with Gasteiger partial charge in [-0.1, -0.05) is 35.0 Å². The largest absolute Gasteiger partial charge is 0.339 e. The molecule has 7 nitrogen and oxygen atoms in total. The van der Waals surface area contributed by atoms with Crippen LogP contribution < -0.4 is 10.2 Å². The summed E-state index contributed by atoms with van der Waals surface area (Å²) in [5.41, 5.74) is 4.40. The Morgan fingerprint density at radius 3 is 2.72 bits per heavy atom. The number of hydrogen-bond acceptors (Lipinski definition) is 5. The lowest BCUT2D eigenvalue weighted by molar-refractivity contribution is -0.122. The van der Waals surface area contributed by atoms with Crippen molar-refractivity contribution in [3.05, 3.63) is 59.5 Å². The first kappa shape index (κ1) is 18.9. The third kappa shape index (κ3) is 3.89. The number of benzene rings is 2. The van der Waals surface area contributed by atoms with Crippen molar-refractivity contribution >= 4 is 23.2 Å². The zero-order chi connectivity index (χ0) is 20.5. The normalized spacial score (nSPS) is 16.3. The predicted molar refractivity (Wildman–Crippen MR) is 109 cm³/mol. The molecule has 29 heavy (non-hydrogen) atoms. The third-order valence-electron chi connectivity index (χ3n) is 5.08. The zero-order valence-electron chi connectivity index (χ0n) is 16.6. The van der Waals surface area contributed by atoms with Gasteiger partial charge in [0.15, 0.2) is 0 Å². The highest BCUT2D eigenvalue weighted by Crippen LogP contribution is 2.29. The molecule has 0 radical (unpaired) electrons. The van der Waals surface area contributed by atoms with Crippen LogP contribution in [0.15, 0.2) is 47.0 Å². The molecule has 3 aromatic rings. The van der Waals surface area contributed by atoms with Gasteiger partial charge in [-0.25, -0.2) is 0 Å². The van der Waals surface area contributed by atoms with E-state index in [1.165, 1.54) is 0 Å². The van der Waals surface area contributed by atoms with Crippen LogP contribution in [0.4, 0.5) is 11.4 Å². The van der Waals surface area contributed by atoms with E-state index in [1.54, 1.807) is 11.8 Å². The number of carbonyl (C=O) groups excluding carboxylic acids is 2. The summed E-state index contributed by atoms with van der Waals surface area (Å²) in [6.07, 6.45) is 0.183. The molecule has 1 fully saturated rings. The number of aromatic nitrogens is 2. The maximum atomic E-state index is 12.7. The molecular formula is C22H22N4O3. The Balaban J connectivity index is 1.50. The smallest absolute Gasteiger partial charge is 0.229 e. The lowest BCUT2D eigenvalue weighted by Crippen LogP contribution is -2.28. The molecule has 2 amide bonds. The van der Waals surface area contributed by atoms with E-state index in [-0.39, 0.29) is 18.2 Å². The minimum absolute atomic E-state index is 0.0766. The highest BCUT2D eigenvalue weighted by molar-refractivity contribution is 6.03. The van der Waals surface area contributed by atoms with Crippen LogP contribution in [0, 0.1) is 26.7 Å². The highest BCUT2D eigenvalue weighted by Gasteiger charge is 2.35. The van der Waals surface area contributed by atoms with Crippen molar-refractivity contribution in [1.29, 1.82) is 0 Å². The summed E-state index contributed by atoms with van der Waals surface area (Å²) in [5, 5.41) is 6.89. The van der Waals surface area contributed by atoms with Gasteiger partial charge in [-0.15, -0.1) is 0 Å². The molecule has 0 bridgehead atoms. The van der Waals surface area contributed by atoms with Crippen LogP contribution in [0.2, 0.25) is 0 Å². The van der Waals surface area contributed by atoms with Crippen molar-refractivity contribution in [2.75, 3.05) is 16.8 Å². The number of hydrogen-bond donors (Lipinski definition) is 1. The van der Waals surface area contributed by atoms with E-state index >= 15 is 0 Å². The maximum Gasteiger partial charge on any atom is 0.229 e. The number of amides is 2. The van der Waals surface area contributed by atoms with Gasteiger partial charge in [-0.2, -0.15) is 4.98 Å². The van der Waals surface area contributed by atoms with Crippen molar-refractivity contribution in [1.82, 2.24) is 10.1 Å². The van der Waals surface area contributed by atoms with E-state index in [0.717, 1.165) is 28.1 Å². The number of rotatable bonds is 4. The summed E-state index contributed by atoms with van der Waals surface area (Å²) in [7, 11) is 0. The van der Waals surface area contributed by atoms with Crippen LogP contribution in [-0.2, 0) is 9.59 Å². The Morgan fingerprint density at radius 2 is 2.00 bits per heavy atom. The predicted octanol–water partition coefficient (Wildman–Crippen LogP) is 3.65. The van der Waals surface area contributed by atoms with E-state index < -0.39 is 5.92 Å². The number of carbonyl (C=O) groups is 2. The summed E-state index contributed by atoms with van der Waals surface area (Å²) in [6.45, 7) is 6.03. The Morgan fingerprint density at radius 1 is 1.17 bits per heavy atom. The second-order valence-corrected chi connectivity index (χ2v) is 7.40. The monoisotopic (exact) mass is 390 g/mol. The Kier molecular flexibility index (Phi) is 4.88. The fraction of sp³-hybridized carbons (Fsp3) is 0.273. The van der Waals surface area contributed by atoms with Gasteiger partial charge in [0.25, 0.3) is 0 Å². The molecule has 4 rings (SSSR count). The molecule has 1 atom stereocenters. The molecule has 148 valence electrons. The van der Waals surface area contributed by atoms with E-state index in [9.17, 15) is 9.59 Å². The van der Waals surface area contributed by atoms with Crippen LogP contribution in [0.3, 0.4) is 0 Å². The third-order valence-corrected chi connectivity index (χ3v) is 5.08. The number of nitrogens with zero attached hydrogens (tertiary/aromatic N) is 3. The van der Waals surface area contributed by atoms with Gasteiger partial charge in [-0.3, -0.25) is 9.59 Å². The second kappa shape index (κ2) is 7.50. The maximum absolute atomic E-state index is 12.7. The summed E-state index contributed by atoms with van der Waals surface area (Å²) >= 11 is 0. The van der Waals surface area contributed by atoms with E-state index in [1.807, 2.05) is 56.3 Å². The van der Waals surface area contributed by atoms with Crippen LogP contribution in [0.5, 0.6) is 0 Å². The van der Waals surface area contributed by atoms with E-state index in [4.69, 9.17) is 4.52 Å². The van der Waals surface area contributed by atoms with Gasteiger partial charge in [-0.05, 0) is 37.6 Å². The summed E-state index contributed by atoms with van der Waals surface area (Å²) in [6, 6.07) is 13.3. The Hall–Kier alpha value is -3.48. The molecule has 1 saturated heterocycles. The standard InChI is InChI=1S/C22H22N4O3/c1-13-7-8-19(14(2)9-13)24-22(28)17-11-20(27)26(12-17)18-6-4-5-16(10-18)21-23-15(3)29-25-21/h4-10,17H,11-12H2,1-3H3,(H,24,28)/t17-/m0/s1. The fourth-order valence-corrected chi connectivity index (χ4v) is 3.55. The Labute approximate surface area is 168 Å². The highest BCUT2D eigenvalue weighted by atomic mass is 16.5. The molecular weight excluding hydrogens is 368 g/mol. The molecule has 7 heteroatoms. The lowest BCUT2D eigenvalue weighted by Gasteiger charge is -2.17. The molecule has 0 aliphatic carbocycles.